The van der Waals surface area contributed by atoms with E-state index in [4.69, 9.17) is 4.74 Å². The van der Waals surface area contributed by atoms with Crippen LogP contribution < -0.4 is 10.1 Å². The predicted octanol–water partition coefficient (Wildman–Crippen LogP) is 3.18. The molecule has 1 fully saturated rings. The molecule has 1 aromatic heterocycles. The van der Waals surface area contributed by atoms with Crippen molar-refractivity contribution in [1.29, 1.82) is 0 Å². The van der Waals surface area contributed by atoms with E-state index >= 15 is 0 Å². The molecule has 0 unspecified atom stereocenters. The molecule has 0 saturated carbocycles. The van der Waals surface area contributed by atoms with Crippen LogP contribution in [0.1, 0.15) is 30.3 Å². The van der Waals surface area contributed by atoms with Crippen LogP contribution in [0.2, 0.25) is 0 Å². The van der Waals surface area contributed by atoms with E-state index in [1.165, 1.54) is 12.1 Å². The highest BCUT2D eigenvalue weighted by Gasteiger charge is 2.19. The summed E-state index contributed by atoms with van der Waals surface area (Å²) in [5.41, 5.74) is 0.885. The topological polar surface area (TPSA) is 47.0 Å². The van der Waals surface area contributed by atoms with Gasteiger partial charge in [-0.2, -0.15) is 4.98 Å². The number of rotatable bonds is 3. The van der Waals surface area contributed by atoms with Crippen LogP contribution in [0.4, 0.5) is 4.39 Å². The zero-order chi connectivity index (χ0) is 14.7. The molecule has 0 spiro atoms. The minimum absolute atomic E-state index is 0.281. The van der Waals surface area contributed by atoms with E-state index in [2.05, 4.69) is 15.3 Å². The highest BCUT2D eigenvalue weighted by molar-refractivity contribution is 5.28. The number of benzene rings is 1. The van der Waals surface area contributed by atoms with Gasteiger partial charge in [0.1, 0.15) is 17.4 Å². The Labute approximate surface area is 123 Å². The molecule has 3 rings (SSSR count). The van der Waals surface area contributed by atoms with E-state index in [1.807, 2.05) is 6.92 Å². The van der Waals surface area contributed by atoms with Gasteiger partial charge >= 0.3 is 0 Å². The summed E-state index contributed by atoms with van der Waals surface area (Å²) in [6.07, 6.45) is 2.08. The normalized spacial score (nSPS) is 15.9. The lowest BCUT2D eigenvalue weighted by Crippen LogP contribution is -2.27. The van der Waals surface area contributed by atoms with Gasteiger partial charge in [-0.3, -0.25) is 0 Å². The smallest absolute Gasteiger partial charge is 0.222 e. The van der Waals surface area contributed by atoms with Crippen molar-refractivity contribution >= 4 is 0 Å². The maximum Gasteiger partial charge on any atom is 0.222 e. The zero-order valence-electron chi connectivity index (χ0n) is 12.0. The maximum absolute atomic E-state index is 12.9. The lowest BCUT2D eigenvalue weighted by molar-refractivity contribution is 0.423. The Bertz CT molecular complexity index is 609. The van der Waals surface area contributed by atoms with E-state index in [0.29, 0.717) is 17.5 Å². The number of ether oxygens (including phenoxy) is 1. The van der Waals surface area contributed by atoms with Crippen molar-refractivity contribution in [2.45, 2.75) is 25.7 Å². The van der Waals surface area contributed by atoms with Crippen LogP contribution in [0.3, 0.4) is 0 Å². The molecule has 110 valence electrons. The summed E-state index contributed by atoms with van der Waals surface area (Å²) in [7, 11) is 0. The molecule has 0 aliphatic carbocycles. The van der Waals surface area contributed by atoms with Crippen molar-refractivity contribution in [2.75, 3.05) is 13.1 Å². The molecule has 0 atom stereocenters. The van der Waals surface area contributed by atoms with Gasteiger partial charge in [0.05, 0.1) is 0 Å². The third-order valence-corrected chi connectivity index (χ3v) is 3.59. The highest BCUT2D eigenvalue weighted by Crippen LogP contribution is 2.26. The van der Waals surface area contributed by atoms with Crippen LogP contribution in [0.25, 0.3) is 0 Å². The van der Waals surface area contributed by atoms with Gasteiger partial charge in [-0.05, 0) is 57.1 Å². The van der Waals surface area contributed by atoms with Gasteiger partial charge in [-0.15, -0.1) is 0 Å². The van der Waals surface area contributed by atoms with Crippen molar-refractivity contribution in [1.82, 2.24) is 15.3 Å². The summed E-state index contributed by atoms with van der Waals surface area (Å²) in [6.45, 7) is 3.93. The average molecular weight is 287 g/mol. The van der Waals surface area contributed by atoms with E-state index < -0.39 is 0 Å². The molecule has 0 bridgehead atoms. The van der Waals surface area contributed by atoms with Gasteiger partial charge in [-0.25, -0.2) is 9.37 Å². The van der Waals surface area contributed by atoms with Gasteiger partial charge in [0.15, 0.2) is 0 Å². The van der Waals surface area contributed by atoms with Crippen LogP contribution in [0, 0.1) is 12.7 Å². The first-order valence-electron chi connectivity index (χ1n) is 7.20. The molecular weight excluding hydrogens is 269 g/mol. The Hall–Kier alpha value is -2.01. The zero-order valence-corrected chi connectivity index (χ0v) is 12.0. The Morgan fingerprint density at radius 3 is 2.57 bits per heavy atom. The molecule has 1 aliphatic heterocycles. The van der Waals surface area contributed by atoms with Crippen LogP contribution in [0.5, 0.6) is 11.6 Å². The monoisotopic (exact) mass is 287 g/mol. The van der Waals surface area contributed by atoms with Gasteiger partial charge in [0.25, 0.3) is 0 Å². The molecule has 2 aromatic rings. The molecule has 21 heavy (non-hydrogen) atoms. The van der Waals surface area contributed by atoms with Gasteiger partial charge in [0, 0.05) is 17.7 Å². The van der Waals surface area contributed by atoms with Crippen molar-refractivity contribution in [2.24, 2.45) is 0 Å². The van der Waals surface area contributed by atoms with Crippen LogP contribution in [-0.4, -0.2) is 23.1 Å². The molecule has 0 radical (unpaired) electrons. The molecule has 4 nitrogen and oxygen atoms in total. The SMILES string of the molecule is Cc1cc(Oc2ccc(F)cc2)nc(C2CCNCC2)n1. The molecule has 1 saturated heterocycles. The number of piperidine rings is 1. The fourth-order valence-electron chi connectivity index (χ4n) is 2.50. The predicted molar refractivity (Wildman–Crippen MR) is 78.1 cm³/mol. The van der Waals surface area contributed by atoms with Crippen molar-refractivity contribution < 1.29 is 9.13 Å². The number of aryl methyl sites for hydroxylation is 1. The minimum Gasteiger partial charge on any atom is -0.439 e. The number of hydrogen-bond acceptors (Lipinski definition) is 4. The second-order valence-electron chi connectivity index (χ2n) is 5.29. The van der Waals surface area contributed by atoms with E-state index in [1.54, 1.807) is 18.2 Å². The van der Waals surface area contributed by atoms with Gasteiger partial charge in [-0.1, -0.05) is 0 Å². The molecular formula is C16H18FN3O. The molecule has 1 N–H and O–H groups in total. The molecule has 2 heterocycles. The second-order valence-corrected chi connectivity index (χ2v) is 5.29. The lowest BCUT2D eigenvalue weighted by atomic mass is 9.97. The Morgan fingerprint density at radius 1 is 1.14 bits per heavy atom. The minimum atomic E-state index is -0.281. The third kappa shape index (κ3) is 3.55. The summed E-state index contributed by atoms with van der Waals surface area (Å²) < 4.78 is 18.6. The van der Waals surface area contributed by atoms with Crippen LogP contribution in [-0.2, 0) is 0 Å². The van der Waals surface area contributed by atoms with Crippen molar-refractivity contribution in [3.05, 3.63) is 47.7 Å². The first-order chi connectivity index (χ1) is 10.2. The number of hydrogen-bond donors (Lipinski definition) is 1. The molecule has 5 heteroatoms. The Kier molecular flexibility index (Phi) is 4.10. The number of aromatic nitrogens is 2. The summed E-state index contributed by atoms with van der Waals surface area (Å²) in [5, 5.41) is 3.34. The average Bonchev–Trinajstić information content (AvgIpc) is 2.50. The summed E-state index contributed by atoms with van der Waals surface area (Å²) in [5.74, 6) is 2.03. The fraction of sp³-hybridized carbons (Fsp3) is 0.375. The maximum atomic E-state index is 12.9. The first-order valence-corrected chi connectivity index (χ1v) is 7.20. The fourth-order valence-corrected chi connectivity index (χ4v) is 2.50. The second kappa shape index (κ2) is 6.18. The van der Waals surface area contributed by atoms with Gasteiger partial charge in [0.2, 0.25) is 5.88 Å². The quantitative estimate of drug-likeness (QED) is 0.942. The molecule has 1 aliphatic rings. The van der Waals surface area contributed by atoms with E-state index in [9.17, 15) is 4.39 Å². The van der Waals surface area contributed by atoms with E-state index in [0.717, 1.165) is 37.4 Å². The van der Waals surface area contributed by atoms with Gasteiger partial charge < -0.3 is 10.1 Å². The van der Waals surface area contributed by atoms with Crippen LogP contribution in [0.15, 0.2) is 30.3 Å². The van der Waals surface area contributed by atoms with Crippen LogP contribution >= 0.6 is 0 Å². The lowest BCUT2D eigenvalue weighted by Gasteiger charge is -2.21. The van der Waals surface area contributed by atoms with Crippen molar-refractivity contribution in [3.63, 3.8) is 0 Å². The Balaban J connectivity index is 1.81. The number of nitrogens with zero attached hydrogens (tertiary/aromatic N) is 2. The highest BCUT2D eigenvalue weighted by atomic mass is 19.1. The van der Waals surface area contributed by atoms with Crippen molar-refractivity contribution in [3.8, 4) is 11.6 Å². The summed E-state index contributed by atoms with van der Waals surface area (Å²) in [4.78, 5) is 9.05. The number of nitrogens with one attached hydrogen (secondary N) is 1. The number of halogens is 1. The molecule has 1 aromatic carbocycles. The third-order valence-electron chi connectivity index (χ3n) is 3.59. The summed E-state index contributed by atoms with van der Waals surface area (Å²) in [6, 6.07) is 7.73. The van der Waals surface area contributed by atoms with E-state index in [-0.39, 0.29) is 5.82 Å². The molecule has 0 amide bonds. The largest absolute Gasteiger partial charge is 0.439 e. The Morgan fingerprint density at radius 2 is 1.86 bits per heavy atom. The first kappa shape index (κ1) is 13.9. The standard InChI is InChI=1S/C16H18FN3O/c1-11-10-15(21-14-4-2-13(17)3-5-14)20-16(19-11)12-6-8-18-9-7-12/h2-5,10,12,18H,6-9H2,1H3. The summed E-state index contributed by atoms with van der Waals surface area (Å²) >= 11 is 0.